The SMILES string of the molecule is NC(=S)c1cccc(OCCN2CCOCC2)c1. The number of benzene rings is 1. The van der Waals surface area contributed by atoms with Crippen molar-refractivity contribution >= 4 is 17.2 Å². The van der Waals surface area contributed by atoms with Crippen molar-refractivity contribution in [1.29, 1.82) is 0 Å². The van der Waals surface area contributed by atoms with Crippen LogP contribution in [-0.4, -0.2) is 49.3 Å². The Morgan fingerprint density at radius 3 is 2.89 bits per heavy atom. The van der Waals surface area contributed by atoms with Gasteiger partial charge in [-0.3, -0.25) is 4.90 Å². The van der Waals surface area contributed by atoms with Crippen LogP contribution in [0.3, 0.4) is 0 Å². The van der Waals surface area contributed by atoms with Gasteiger partial charge in [-0.25, -0.2) is 0 Å². The normalized spacial score (nSPS) is 16.4. The Morgan fingerprint density at radius 2 is 2.17 bits per heavy atom. The fraction of sp³-hybridized carbons (Fsp3) is 0.462. The van der Waals surface area contributed by atoms with E-state index in [1.807, 2.05) is 24.3 Å². The van der Waals surface area contributed by atoms with Crippen LogP contribution < -0.4 is 10.5 Å². The Kier molecular flexibility index (Phi) is 4.92. The highest BCUT2D eigenvalue weighted by atomic mass is 32.1. The zero-order valence-corrected chi connectivity index (χ0v) is 11.1. The molecule has 0 radical (unpaired) electrons. The largest absolute Gasteiger partial charge is 0.492 e. The Bertz CT molecular complexity index is 406. The first-order chi connectivity index (χ1) is 8.75. The van der Waals surface area contributed by atoms with E-state index in [0.29, 0.717) is 11.6 Å². The number of morpholine rings is 1. The molecule has 0 aliphatic carbocycles. The van der Waals surface area contributed by atoms with Crippen molar-refractivity contribution in [3.8, 4) is 5.75 Å². The second-order valence-electron chi connectivity index (χ2n) is 4.19. The highest BCUT2D eigenvalue weighted by molar-refractivity contribution is 7.80. The minimum absolute atomic E-state index is 0.397. The smallest absolute Gasteiger partial charge is 0.120 e. The molecule has 4 nitrogen and oxygen atoms in total. The van der Waals surface area contributed by atoms with E-state index in [0.717, 1.165) is 44.2 Å². The molecule has 1 aliphatic rings. The van der Waals surface area contributed by atoms with Gasteiger partial charge >= 0.3 is 0 Å². The van der Waals surface area contributed by atoms with E-state index in [2.05, 4.69) is 4.90 Å². The maximum atomic E-state index is 5.70. The van der Waals surface area contributed by atoms with Crippen LogP contribution in [0.4, 0.5) is 0 Å². The third kappa shape index (κ3) is 3.94. The minimum Gasteiger partial charge on any atom is -0.492 e. The van der Waals surface area contributed by atoms with Crippen LogP contribution in [0.15, 0.2) is 24.3 Å². The molecular weight excluding hydrogens is 248 g/mol. The van der Waals surface area contributed by atoms with Crippen LogP contribution >= 0.6 is 12.2 Å². The lowest BCUT2D eigenvalue weighted by Gasteiger charge is -2.26. The van der Waals surface area contributed by atoms with Crippen molar-refractivity contribution in [3.05, 3.63) is 29.8 Å². The molecular formula is C13H18N2O2S. The molecule has 1 aromatic carbocycles. The number of rotatable bonds is 5. The van der Waals surface area contributed by atoms with Gasteiger partial charge in [-0.15, -0.1) is 0 Å². The van der Waals surface area contributed by atoms with Gasteiger partial charge in [-0.2, -0.15) is 0 Å². The predicted octanol–water partition coefficient (Wildman–Crippen LogP) is 1.03. The van der Waals surface area contributed by atoms with Gasteiger partial charge in [-0.1, -0.05) is 24.4 Å². The van der Waals surface area contributed by atoms with E-state index in [1.165, 1.54) is 0 Å². The predicted molar refractivity (Wildman–Crippen MR) is 75.1 cm³/mol. The van der Waals surface area contributed by atoms with Gasteiger partial charge in [0.05, 0.1) is 13.2 Å². The maximum absolute atomic E-state index is 5.70. The fourth-order valence-electron chi connectivity index (χ4n) is 1.86. The van der Waals surface area contributed by atoms with E-state index >= 15 is 0 Å². The monoisotopic (exact) mass is 266 g/mol. The summed E-state index contributed by atoms with van der Waals surface area (Å²) < 4.78 is 11.0. The summed E-state index contributed by atoms with van der Waals surface area (Å²) in [5, 5.41) is 0. The summed E-state index contributed by atoms with van der Waals surface area (Å²) in [6.07, 6.45) is 0. The van der Waals surface area contributed by atoms with Crippen LogP contribution in [-0.2, 0) is 4.74 Å². The lowest BCUT2D eigenvalue weighted by Crippen LogP contribution is -2.38. The molecule has 0 saturated carbocycles. The second kappa shape index (κ2) is 6.68. The second-order valence-corrected chi connectivity index (χ2v) is 4.63. The Hall–Kier alpha value is -1.17. The molecule has 0 spiro atoms. The van der Waals surface area contributed by atoms with Gasteiger partial charge in [0.15, 0.2) is 0 Å². The van der Waals surface area contributed by atoms with E-state index in [1.54, 1.807) is 0 Å². The molecule has 1 heterocycles. The summed E-state index contributed by atoms with van der Waals surface area (Å²) in [6, 6.07) is 7.58. The zero-order valence-electron chi connectivity index (χ0n) is 10.3. The van der Waals surface area contributed by atoms with Crippen molar-refractivity contribution in [3.63, 3.8) is 0 Å². The number of nitrogens with two attached hydrogens (primary N) is 1. The third-order valence-electron chi connectivity index (χ3n) is 2.90. The molecule has 2 N–H and O–H groups in total. The maximum Gasteiger partial charge on any atom is 0.120 e. The fourth-order valence-corrected chi connectivity index (χ4v) is 1.98. The molecule has 1 saturated heterocycles. The summed E-state index contributed by atoms with van der Waals surface area (Å²) >= 11 is 4.94. The number of hydrogen-bond donors (Lipinski definition) is 1. The molecule has 0 bridgehead atoms. The minimum atomic E-state index is 0.397. The molecule has 1 fully saturated rings. The number of thiocarbonyl (C=S) groups is 1. The quantitative estimate of drug-likeness (QED) is 0.807. The highest BCUT2D eigenvalue weighted by Crippen LogP contribution is 2.13. The summed E-state index contributed by atoms with van der Waals surface area (Å²) in [5.41, 5.74) is 6.42. The first kappa shape index (κ1) is 13.3. The number of nitrogens with zero attached hydrogens (tertiary/aromatic N) is 1. The van der Waals surface area contributed by atoms with Crippen molar-refractivity contribution in [1.82, 2.24) is 4.90 Å². The lowest BCUT2D eigenvalue weighted by atomic mass is 10.2. The summed E-state index contributed by atoms with van der Waals surface area (Å²) in [7, 11) is 0. The van der Waals surface area contributed by atoms with Crippen molar-refractivity contribution in [2.75, 3.05) is 39.5 Å². The molecule has 98 valence electrons. The molecule has 0 amide bonds. The topological polar surface area (TPSA) is 47.7 Å². The summed E-state index contributed by atoms with van der Waals surface area (Å²) in [6.45, 7) is 5.18. The average molecular weight is 266 g/mol. The number of hydrogen-bond acceptors (Lipinski definition) is 4. The molecule has 0 aromatic heterocycles. The standard InChI is InChI=1S/C13H18N2O2S/c14-13(18)11-2-1-3-12(10-11)17-9-6-15-4-7-16-8-5-15/h1-3,10H,4-9H2,(H2,14,18). The van der Waals surface area contributed by atoms with E-state index < -0.39 is 0 Å². The lowest BCUT2D eigenvalue weighted by molar-refractivity contribution is 0.0322. The average Bonchev–Trinajstić information content (AvgIpc) is 2.40. The Balaban J connectivity index is 1.78. The van der Waals surface area contributed by atoms with E-state index in [9.17, 15) is 0 Å². The van der Waals surface area contributed by atoms with E-state index in [4.69, 9.17) is 27.4 Å². The first-order valence-corrected chi connectivity index (χ1v) is 6.49. The Morgan fingerprint density at radius 1 is 1.39 bits per heavy atom. The molecule has 0 atom stereocenters. The van der Waals surface area contributed by atoms with Gasteiger partial charge in [0.25, 0.3) is 0 Å². The summed E-state index contributed by atoms with van der Waals surface area (Å²) in [5.74, 6) is 0.813. The molecule has 0 unspecified atom stereocenters. The van der Waals surface area contributed by atoms with Crippen LogP contribution in [0.1, 0.15) is 5.56 Å². The summed E-state index contributed by atoms with van der Waals surface area (Å²) in [4.78, 5) is 2.73. The van der Waals surface area contributed by atoms with E-state index in [-0.39, 0.29) is 0 Å². The third-order valence-corrected chi connectivity index (χ3v) is 3.13. The van der Waals surface area contributed by atoms with Crippen LogP contribution in [0.5, 0.6) is 5.75 Å². The Labute approximate surface area is 113 Å². The highest BCUT2D eigenvalue weighted by Gasteiger charge is 2.09. The van der Waals surface area contributed by atoms with Gasteiger partial charge < -0.3 is 15.2 Å². The number of ether oxygens (including phenoxy) is 2. The molecule has 1 aliphatic heterocycles. The van der Waals surface area contributed by atoms with Crippen molar-refractivity contribution < 1.29 is 9.47 Å². The van der Waals surface area contributed by atoms with Gasteiger partial charge in [0, 0.05) is 25.2 Å². The van der Waals surface area contributed by atoms with Crippen LogP contribution in [0, 0.1) is 0 Å². The molecule has 5 heteroatoms. The molecule has 18 heavy (non-hydrogen) atoms. The molecule has 1 aromatic rings. The zero-order chi connectivity index (χ0) is 12.8. The van der Waals surface area contributed by atoms with Crippen molar-refractivity contribution in [2.24, 2.45) is 5.73 Å². The van der Waals surface area contributed by atoms with Crippen LogP contribution in [0.25, 0.3) is 0 Å². The van der Waals surface area contributed by atoms with Gasteiger partial charge in [0.1, 0.15) is 17.3 Å². The van der Waals surface area contributed by atoms with Crippen LogP contribution in [0.2, 0.25) is 0 Å². The van der Waals surface area contributed by atoms with Crippen molar-refractivity contribution in [2.45, 2.75) is 0 Å². The molecule has 2 rings (SSSR count). The first-order valence-electron chi connectivity index (χ1n) is 6.08. The van der Waals surface area contributed by atoms with Gasteiger partial charge in [0.2, 0.25) is 0 Å². The van der Waals surface area contributed by atoms with Gasteiger partial charge in [-0.05, 0) is 12.1 Å².